The molecule has 0 unspecified atom stereocenters. The summed E-state index contributed by atoms with van der Waals surface area (Å²) in [6, 6.07) is 9.51. The van der Waals surface area contributed by atoms with E-state index >= 15 is 0 Å². The van der Waals surface area contributed by atoms with Gasteiger partial charge in [-0.3, -0.25) is 4.79 Å². The summed E-state index contributed by atoms with van der Waals surface area (Å²) >= 11 is 6.66. The molecule has 0 radical (unpaired) electrons. The van der Waals surface area contributed by atoms with Crippen molar-refractivity contribution in [2.24, 2.45) is 0 Å². The SMILES string of the molecule is CO[C@@H]1[C@@H](n2cc(-c3cc(F)cc(Br)c3)nn2)[C@@H](O)[C@@H](CO)O[C@H]1C(=O)N(c1cc(Br)cc(C#N)c1)[C@@H]1CCC[C@H]1O. The molecule has 2 aliphatic rings. The van der Waals surface area contributed by atoms with Gasteiger partial charge in [-0.2, -0.15) is 5.26 Å². The summed E-state index contributed by atoms with van der Waals surface area (Å²) in [4.78, 5) is 15.8. The number of methoxy groups -OCH3 is 1. The number of ether oxygens (including phenoxy) is 2. The smallest absolute Gasteiger partial charge is 0.259 e. The highest BCUT2D eigenvalue weighted by Gasteiger charge is 2.52. The van der Waals surface area contributed by atoms with Gasteiger partial charge in [0.25, 0.3) is 5.91 Å². The standard InChI is InChI=1S/C28H28Br2FN5O6/c1-41-26-24(35-12-20(33-34-35)15-7-17(30)9-18(31)8-15)25(39)23(13-37)42-27(26)28(40)36(21-3-2-4-22(21)38)19-6-14(11-32)5-16(29)10-19/h5-10,12,21-27,37-39H,2-4,13H2,1H3/t21-,22-,23-,24+,25+,26-,27-/m1/s1. The minimum Gasteiger partial charge on any atom is -0.394 e. The van der Waals surface area contributed by atoms with Crippen molar-refractivity contribution in [1.82, 2.24) is 15.0 Å². The molecule has 0 spiro atoms. The van der Waals surface area contributed by atoms with Crippen LogP contribution < -0.4 is 4.90 Å². The first-order valence-electron chi connectivity index (χ1n) is 13.2. The number of benzene rings is 2. The number of hydrogen-bond acceptors (Lipinski definition) is 9. The normalized spacial score (nSPS) is 27.5. The Morgan fingerprint density at radius 3 is 2.62 bits per heavy atom. The van der Waals surface area contributed by atoms with Crippen LogP contribution in [0.4, 0.5) is 10.1 Å². The number of rotatable bonds is 7. The van der Waals surface area contributed by atoms with Crippen LogP contribution in [0.25, 0.3) is 11.3 Å². The summed E-state index contributed by atoms with van der Waals surface area (Å²) in [5.41, 5.74) is 1.41. The lowest BCUT2D eigenvalue weighted by Crippen LogP contribution is -2.62. The van der Waals surface area contributed by atoms with Gasteiger partial charge in [-0.1, -0.05) is 37.1 Å². The number of amides is 1. The third-order valence-corrected chi connectivity index (χ3v) is 8.58. The molecule has 5 rings (SSSR count). The lowest BCUT2D eigenvalue weighted by molar-refractivity contribution is -0.211. The summed E-state index contributed by atoms with van der Waals surface area (Å²) in [6.45, 7) is -0.613. The second-order valence-electron chi connectivity index (χ2n) is 10.3. The van der Waals surface area contributed by atoms with E-state index < -0.39 is 60.9 Å². The van der Waals surface area contributed by atoms with Crippen LogP contribution in [0, 0.1) is 17.1 Å². The highest BCUT2D eigenvalue weighted by Crippen LogP contribution is 2.37. The van der Waals surface area contributed by atoms with Gasteiger partial charge in [-0.25, -0.2) is 9.07 Å². The van der Waals surface area contributed by atoms with Crippen molar-refractivity contribution >= 4 is 43.5 Å². The number of aliphatic hydroxyl groups excluding tert-OH is 3. The van der Waals surface area contributed by atoms with Gasteiger partial charge in [0, 0.05) is 27.3 Å². The van der Waals surface area contributed by atoms with E-state index in [9.17, 15) is 29.8 Å². The number of carbonyl (C=O) groups excluding carboxylic acids is 1. The van der Waals surface area contributed by atoms with E-state index in [2.05, 4.69) is 48.2 Å². The molecule has 11 nitrogen and oxygen atoms in total. The van der Waals surface area contributed by atoms with Gasteiger partial charge >= 0.3 is 0 Å². The second-order valence-corrected chi connectivity index (χ2v) is 12.1. The Morgan fingerprint density at radius 2 is 1.98 bits per heavy atom. The predicted octanol–water partition coefficient (Wildman–Crippen LogP) is 3.10. The van der Waals surface area contributed by atoms with E-state index in [-0.39, 0.29) is 0 Å². The van der Waals surface area contributed by atoms with Crippen molar-refractivity contribution in [2.75, 3.05) is 18.6 Å². The molecule has 222 valence electrons. The molecule has 14 heteroatoms. The lowest BCUT2D eigenvalue weighted by Gasteiger charge is -2.45. The molecular weight excluding hydrogens is 681 g/mol. The van der Waals surface area contributed by atoms with Crippen LogP contribution in [0.5, 0.6) is 0 Å². The van der Waals surface area contributed by atoms with Crippen LogP contribution in [0.15, 0.2) is 51.5 Å². The Labute approximate surface area is 257 Å². The molecule has 3 N–H and O–H groups in total. The number of aromatic nitrogens is 3. The largest absolute Gasteiger partial charge is 0.394 e. The lowest BCUT2D eigenvalue weighted by atomic mass is 9.91. The quantitative estimate of drug-likeness (QED) is 0.336. The highest BCUT2D eigenvalue weighted by molar-refractivity contribution is 9.10. The number of carbonyl (C=O) groups is 1. The topological polar surface area (TPSA) is 154 Å². The number of anilines is 1. The van der Waals surface area contributed by atoms with Gasteiger partial charge in [0.05, 0.1) is 36.6 Å². The third kappa shape index (κ3) is 6.00. The number of aliphatic hydroxyl groups is 3. The average Bonchev–Trinajstić information content (AvgIpc) is 3.61. The van der Waals surface area contributed by atoms with Gasteiger partial charge in [0.2, 0.25) is 0 Å². The first kappa shape index (κ1) is 30.7. The van der Waals surface area contributed by atoms with Crippen LogP contribution in [0.1, 0.15) is 30.9 Å². The Hall–Kier alpha value is -2.77. The maximum Gasteiger partial charge on any atom is 0.259 e. The molecule has 7 atom stereocenters. The number of hydrogen-bond donors (Lipinski definition) is 3. The fraction of sp³-hybridized carbons (Fsp3) is 0.429. The molecule has 1 saturated heterocycles. The van der Waals surface area contributed by atoms with Gasteiger partial charge in [0.15, 0.2) is 6.10 Å². The number of nitrogens with zero attached hydrogens (tertiary/aromatic N) is 5. The van der Waals surface area contributed by atoms with Crippen LogP contribution in [-0.2, 0) is 14.3 Å². The minimum absolute atomic E-state index is 0.304. The molecule has 1 aliphatic heterocycles. The molecule has 1 aromatic heterocycles. The monoisotopic (exact) mass is 707 g/mol. The fourth-order valence-electron chi connectivity index (χ4n) is 5.73. The zero-order valence-electron chi connectivity index (χ0n) is 22.3. The Morgan fingerprint density at radius 1 is 1.21 bits per heavy atom. The summed E-state index contributed by atoms with van der Waals surface area (Å²) in [6.07, 6.45) is -2.66. The summed E-state index contributed by atoms with van der Waals surface area (Å²) in [5, 5.41) is 50.0. The molecule has 2 aromatic carbocycles. The average molecular weight is 709 g/mol. The fourth-order valence-corrected chi connectivity index (χ4v) is 6.68. The van der Waals surface area contributed by atoms with Gasteiger partial charge in [-0.15, -0.1) is 5.10 Å². The highest BCUT2D eigenvalue weighted by atomic mass is 79.9. The van der Waals surface area contributed by atoms with Crippen molar-refractivity contribution in [3.63, 3.8) is 0 Å². The van der Waals surface area contributed by atoms with Crippen LogP contribution in [-0.4, -0.2) is 86.5 Å². The van der Waals surface area contributed by atoms with E-state index in [1.54, 1.807) is 24.3 Å². The van der Waals surface area contributed by atoms with Crippen molar-refractivity contribution in [1.29, 1.82) is 5.26 Å². The molecule has 0 bridgehead atoms. The Bertz CT molecular complexity index is 1480. The third-order valence-electron chi connectivity index (χ3n) is 7.66. The van der Waals surface area contributed by atoms with E-state index in [1.165, 1.54) is 35.0 Å². The Balaban J connectivity index is 1.55. The zero-order chi connectivity index (χ0) is 30.1. The van der Waals surface area contributed by atoms with Gasteiger partial charge < -0.3 is 29.7 Å². The molecule has 1 amide bonds. The van der Waals surface area contributed by atoms with Crippen molar-refractivity contribution in [2.45, 2.75) is 61.9 Å². The van der Waals surface area contributed by atoms with Gasteiger partial charge in [-0.05, 0) is 55.7 Å². The summed E-state index contributed by atoms with van der Waals surface area (Å²) in [7, 11) is 1.36. The summed E-state index contributed by atoms with van der Waals surface area (Å²) in [5.74, 6) is -1.07. The first-order chi connectivity index (χ1) is 20.1. The van der Waals surface area contributed by atoms with Crippen LogP contribution in [0.2, 0.25) is 0 Å². The van der Waals surface area contributed by atoms with Crippen LogP contribution >= 0.6 is 31.9 Å². The molecule has 3 aromatic rings. The molecule has 42 heavy (non-hydrogen) atoms. The minimum atomic E-state index is -1.36. The predicted molar refractivity (Wildman–Crippen MR) is 155 cm³/mol. The maximum absolute atomic E-state index is 14.4. The van der Waals surface area contributed by atoms with E-state index in [4.69, 9.17) is 9.47 Å². The number of nitriles is 1. The van der Waals surface area contributed by atoms with E-state index in [0.717, 1.165) is 0 Å². The molecule has 1 aliphatic carbocycles. The van der Waals surface area contributed by atoms with Crippen LogP contribution in [0.3, 0.4) is 0 Å². The maximum atomic E-state index is 14.4. The van der Waals surface area contributed by atoms with Crippen molar-refractivity contribution in [3.8, 4) is 17.3 Å². The Kier molecular flexibility index (Phi) is 9.38. The summed E-state index contributed by atoms with van der Waals surface area (Å²) < 4.78 is 28.2. The molecule has 2 heterocycles. The van der Waals surface area contributed by atoms with Gasteiger partial charge in [0.1, 0.15) is 35.9 Å². The first-order valence-corrected chi connectivity index (χ1v) is 14.8. The van der Waals surface area contributed by atoms with Crippen molar-refractivity contribution in [3.05, 3.63) is 62.9 Å². The van der Waals surface area contributed by atoms with E-state index in [1.807, 2.05) is 0 Å². The van der Waals surface area contributed by atoms with Crippen molar-refractivity contribution < 1.29 is 34.0 Å². The van der Waals surface area contributed by atoms with E-state index in [0.29, 0.717) is 50.7 Å². The zero-order valence-corrected chi connectivity index (χ0v) is 25.5. The molecule has 2 fully saturated rings. The molecule has 1 saturated carbocycles. The molecular formula is C28H28Br2FN5O6. The second kappa shape index (κ2) is 12.8. The number of halogens is 3.